The van der Waals surface area contributed by atoms with E-state index in [1.54, 1.807) is 12.5 Å². The number of imidazole rings is 1. The number of hydrogen-bond acceptors (Lipinski definition) is 6. The minimum Gasteiger partial charge on any atom is -0.497 e. The molecule has 5 aromatic rings. The Morgan fingerprint density at radius 1 is 1.14 bits per heavy atom. The second-order valence-corrected chi connectivity index (χ2v) is 7.94. The lowest BCUT2D eigenvalue weighted by Gasteiger charge is -2.01. The standard InChI is InChI=1S/C20H14N4O2S2/c1-26-13-6-4-5-12(9-13)15-10-24-16(11-27-20(24)22-15)18(25)23-19-21-14-7-2-3-8-17(14)28-19/h2-11H,1H3,(H,21,23,25). The predicted octanol–water partition coefficient (Wildman–Crippen LogP) is 4.93. The van der Waals surface area contributed by atoms with Gasteiger partial charge < -0.3 is 4.74 Å². The number of ether oxygens (including phenoxy) is 1. The largest absolute Gasteiger partial charge is 0.497 e. The molecule has 5 rings (SSSR count). The van der Waals surface area contributed by atoms with Gasteiger partial charge in [-0.15, -0.1) is 11.3 Å². The molecule has 0 radical (unpaired) electrons. The topological polar surface area (TPSA) is 68.5 Å². The molecule has 1 N–H and O–H groups in total. The van der Waals surface area contributed by atoms with Gasteiger partial charge in [0.05, 0.1) is 23.0 Å². The highest BCUT2D eigenvalue weighted by Crippen LogP contribution is 2.28. The highest BCUT2D eigenvalue weighted by atomic mass is 32.1. The molecule has 1 amide bonds. The minimum atomic E-state index is -0.208. The molecule has 28 heavy (non-hydrogen) atoms. The fourth-order valence-electron chi connectivity index (χ4n) is 2.96. The molecule has 0 aliphatic rings. The molecule has 138 valence electrons. The van der Waals surface area contributed by atoms with E-state index in [4.69, 9.17) is 4.74 Å². The normalized spacial score (nSPS) is 11.2. The van der Waals surface area contributed by atoms with Gasteiger partial charge in [-0.1, -0.05) is 35.6 Å². The number of aromatic nitrogens is 3. The van der Waals surface area contributed by atoms with Crippen LogP contribution >= 0.6 is 22.7 Å². The Bertz CT molecular complexity index is 1290. The fraction of sp³-hybridized carbons (Fsp3) is 0.0500. The average Bonchev–Trinajstić information content (AvgIpc) is 3.41. The number of methoxy groups -OCH3 is 1. The Labute approximate surface area is 168 Å². The zero-order valence-electron chi connectivity index (χ0n) is 14.7. The number of anilines is 1. The molecule has 0 unspecified atom stereocenters. The Hall–Kier alpha value is -3.23. The van der Waals surface area contributed by atoms with E-state index in [2.05, 4.69) is 15.3 Å². The van der Waals surface area contributed by atoms with Crippen molar-refractivity contribution in [2.24, 2.45) is 0 Å². The number of thiazole rings is 2. The predicted molar refractivity (Wildman–Crippen MR) is 113 cm³/mol. The first-order chi connectivity index (χ1) is 13.7. The van der Waals surface area contributed by atoms with Crippen molar-refractivity contribution in [2.75, 3.05) is 12.4 Å². The summed E-state index contributed by atoms with van der Waals surface area (Å²) in [5, 5.41) is 5.29. The monoisotopic (exact) mass is 406 g/mol. The summed E-state index contributed by atoms with van der Waals surface area (Å²) in [5.41, 5.74) is 3.13. The first-order valence-corrected chi connectivity index (χ1v) is 10.2. The molecule has 0 saturated heterocycles. The third-order valence-corrected chi connectivity index (χ3v) is 6.11. The third kappa shape index (κ3) is 2.92. The summed E-state index contributed by atoms with van der Waals surface area (Å²) in [6.45, 7) is 0. The van der Waals surface area contributed by atoms with Crippen molar-refractivity contribution in [3.63, 3.8) is 0 Å². The summed E-state index contributed by atoms with van der Waals surface area (Å²) < 4.78 is 8.13. The van der Waals surface area contributed by atoms with E-state index in [0.717, 1.165) is 32.2 Å². The van der Waals surface area contributed by atoms with Gasteiger partial charge in [0.25, 0.3) is 5.91 Å². The molecular weight excluding hydrogens is 392 g/mol. The molecule has 2 aromatic carbocycles. The lowest BCUT2D eigenvalue weighted by molar-refractivity contribution is 0.102. The number of nitrogens with one attached hydrogen (secondary N) is 1. The number of benzene rings is 2. The van der Waals surface area contributed by atoms with Crippen molar-refractivity contribution in [3.8, 4) is 17.0 Å². The molecule has 0 aliphatic carbocycles. The highest BCUT2D eigenvalue weighted by molar-refractivity contribution is 7.22. The van der Waals surface area contributed by atoms with Crippen molar-refractivity contribution < 1.29 is 9.53 Å². The second kappa shape index (κ2) is 6.74. The molecular formula is C20H14N4O2S2. The molecule has 0 saturated carbocycles. The van der Waals surface area contributed by atoms with Crippen LogP contribution in [0.5, 0.6) is 5.75 Å². The summed E-state index contributed by atoms with van der Waals surface area (Å²) in [7, 11) is 1.63. The zero-order chi connectivity index (χ0) is 19.1. The van der Waals surface area contributed by atoms with Crippen LogP contribution in [-0.2, 0) is 0 Å². The van der Waals surface area contributed by atoms with E-state index in [0.29, 0.717) is 10.8 Å². The van der Waals surface area contributed by atoms with Crippen molar-refractivity contribution in [3.05, 3.63) is 65.8 Å². The molecule has 6 nitrogen and oxygen atoms in total. The lowest BCUT2D eigenvalue weighted by Crippen LogP contribution is -2.13. The summed E-state index contributed by atoms with van der Waals surface area (Å²) in [5.74, 6) is 0.558. The Morgan fingerprint density at radius 3 is 2.89 bits per heavy atom. The van der Waals surface area contributed by atoms with Gasteiger partial charge in [-0.05, 0) is 24.3 Å². The summed E-state index contributed by atoms with van der Waals surface area (Å²) in [6, 6.07) is 15.5. The summed E-state index contributed by atoms with van der Waals surface area (Å²) >= 11 is 2.88. The Kier molecular flexibility index (Phi) is 4.07. The average molecular weight is 406 g/mol. The van der Waals surface area contributed by atoms with E-state index in [1.807, 2.05) is 59.1 Å². The van der Waals surface area contributed by atoms with Crippen LogP contribution in [0.2, 0.25) is 0 Å². The van der Waals surface area contributed by atoms with Crippen LogP contribution in [0.15, 0.2) is 60.1 Å². The van der Waals surface area contributed by atoms with Crippen LogP contribution in [0, 0.1) is 0 Å². The van der Waals surface area contributed by atoms with Crippen LogP contribution in [-0.4, -0.2) is 27.4 Å². The molecule has 0 aliphatic heterocycles. The minimum absolute atomic E-state index is 0.208. The molecule has 0 bridgehead atoms. The van der Waals surface area contributed by atoms with E-state index >= 15 is 0 Å². The number of fused-ring (bicyclic) bond motifs is 2. The number of nitrogens with zero attached hydrogens (tertiary/aromatic N) is 3. The van der Waals surface area contributed by atoms with Crippen molar-refractivity contribution in [2.45, 2.75) is 0 Å². The summed E-state index contributed by atoms with van der Waals surface area (Å²) in [4.78, 5) is 22.7. The molecule has 0 spiro atoms. The molecule has 3 aromatic heterocycles. The number of carbonyl (C=O) groups excluding carboxylic acids is 1. The van der Waals surface area contributed by atoms with Gasteiger partial charge in [0.2, 0.25) is 0 Å². The van der Waals surface area contributed by atoms with Crippen molar-refractivity contribution >= 4 is 48.9 Å². The molecule has 3 heterocycles. The van der Waals surface area contributed by atoms with Gasteiger partial charge in [0.1, 0.15) is 11.4 Å². The van der Waals surface area contributed by atoms with E-state index < -0.39 is 0 Å². The van der Waals surface area contributed by atoms with E-state index in [-0.39, 0.29) is 5.91 Å². The van der Waals surface area contributed by atoms with Crippen LogP contribution in [0.1, 0.15) is 10.5 Å². The van der Waals surface area contributed by atoms with Gasteiger partial charge in [-0.3, -0.25) is 14.5 Å². The molecule has 8 heteroatoms. The lowest BCUT2D eigenvalue weighted by atomic mass is 10.1. The Morgan fingerprint density at radius 2 is 2.04 bits per heavy atom. The van der Waals surface area contributed by atoms with Gasteiger partial charge >= 0.3 is 0 Å². The van der Waals surface area contributed by atoms with Gasteiger partial charge in [0, 0.05) is 17.1 Å². The van der Waals surface area contributed by atoms with Crippen LogP contribution in [0.4, 0.5) is 5.13 Å². The first kappa shape index (κ1) is 16.9. The number of para-hydroxylation sites is 1. The maximum atomic E-state index is 12.8. The quantitative estimate of drug-likeness (QED) is 0.459. The Balaban J connectivity index is 1.46. The number of rotatable bonds is 4. The third-order valence-electron chi connectivity index (χ3n) is 4.32. The number of hydrogen-bond donors (Lipinski definition) is 1. The van der Waals surface area contributed by atoms with Crippen molar-refractivity contribution in [1.29, 1.82) is 0 Å². The number of carbonyl (C=O) groups is 1. The van der Waals surface area contributed by atoms with Crippen LogP contribution < -0.4 is 10.1 Å². The van der Waals surface area contributed by atoms with E-state index in [9.17, 15) is 4.79 Å². The summed E-state index contributed by atoms with van der Waals surface area (Å²) in [6.07, 6.45) is 1.87. The maximum absolute atomic E-state index is 12.8. The van der Waals surface area contributed by atoms with Crippen LogP contribution in [0.25, 0.3) is 26.4 Å². The smallest absolute Gasteiger partial charge is 0.275 e. The highest BCUT2D eigenvalue weighted by Gasteiger charge is 2.17. The van der Waals surface area contributed by atoms with E-state index in [1.165, 1.54) is 22.7 Å². The van der Waals surface area contributed by atoms with Crippen LogP contribution in [0.3, 0.4) is 0 Å². The molecule has 0 fully saturated rings. The van der Waals surface area contributed by atoms with Gasteiger partial charge in [-0.25, -0.2) is 9.97 Å². The fourth-order valence-corrected chi connectivity index (χ4v) is 4.67. The maximum Gasteiger partial charge on any atom is 0.275 e. The number of amides is 1. The SMILES string of the molecule is COc1cccc(-c2cn3c(C(=O)Nc4nc5ccccc5s4)csc3n2)c1. The molecule has 0 atom stereocenters. The second-order valence-electron chi connectivity index (χ2n) is 6.07. The first-order valence-electron chi connectivity index (χ1n) is 8.49. The van der Waals surface area contributed by atoms with Gasteiger partial charge in [-0.2, -0.15) is 0 Å². The van der Waals surface area contributed by atoms with Gasteiger partial charge in [0.15, 0.2) is 10.1 Å². The van der Waals surface area contributed by atoms with Crippen molar-refractivity contribution in [1.82, 2.24) is 14.4 Å². The zero-order valence-corrected chi connectivity index (χ0v) is 16.4.